The molecule has 0 heterocycles. The average molecular weight is 256 g/mol. The highest BCUT2D eigenvalue weighted by Gasteiger charge is 2.03. The summed E-state index contributed by atoms with van der Waals surface area (Å²) >= 11 is 0. The second kappa shape index (κ2) is 8.04. The van der Waals surface area contributed by atoms with Crippen molar-refractivity contribution in [2.24, 2.45) is 0 Å². The first-order chi connectivity index (χ1) is 8.42. The molecule has 5 N–H and O–H groups in total. The fourth-order valence-corrected chi connectivity index (χ4v) is 1.01. The van der Waals surface area contributed by atoms with Crippen LogP contribution in [0.2, 0.25) is 0 Å². The van der Waals surface area contributed by atoms with Gasteiger partial charge < -0.3 is 19.7 Å². The van der Waals surface area contributed by atoms with Crippen molar-refractivity contribution in [2.75, 3.05) is 7.11 Å². The molecule has 0 saturated carbocycles. The topological polar surface area (TPSA) is 126 Å². The zero-order chi connectivity index (χ0) is 14.1. The van der Waals surface area contributed by atoms with Gasteiger partial charge in [0.2, 0.25) is 0 Å². The van der Waals surface area contributed by atoms with Crippen molar-refractivity contribution < 1.29 is 30.4 Å². The van der Waals surface area contributed by atoms with Gasteiger partial charge in [-0.1, -0.05) is 12.1 Å². The Balaban J connectivity index is 0.000000411. The van der Waals surface area contributed by atoms with Gasteiger partial charge in [-0.3, -0.25) is 5.84 Å². The van der Waals surface area contributed by atoms with Crippen LogP contribution >= 0.6 is 0 Å². The Morgan fingerprint density at radius 2 is 1.83 bits per heavy atom. The second-order valence-corrected chi connectivity index (χ2v) is 3.29. The summed E-state index contributed by atoms with van der Waals surface area (Å²) in [6.07, 6.45) is 0. The fraction of sp³-hybridized carbons (Fsp3) is 0.273. The van der Waals surface area contributed by atoms with E-state index in [4.69, 9.17) is 24.5 Å². The second-order valence-electron chi connectivity index (χ2n) is 3.29. The SMILES string of the molecule is COc1ccc(C(C)N[NH3+])cc1.O=C([O-])C(=O)O. The zero-order valence-corrected chi connectivity index (χ0v) is 10.2. The molecule has 1 atom stereocenters. The summed E-state index contributed by atoms with van der Waals surface area (Å²) in [5.74, 6) is 0.498. The molecule has 100 valence electrons. The van der Waals surface area contributed by atoms with Gasteiger partial charge in [0, 0.05) is 0 Å². The molecule has 1 rings (SSSR count). The van der Waals surface area contributed by atoms with Gasteiger partial charge >= 0.3 is 5.97 Å². The van der Waals surface area contributed by atoms with E-state index in [0.717, 1.165) is 5.75 Å². The van der Waals surface area contributed by atoms with Gasteiger partial charge in [0.15, 0.2) is 5.97 Å². The fourth-order valence-electron chi connectivity index (χ4n) is 1.01. The number of benzene rings is 1. The van der Waals surface area contributed by atoms with E-state index >= 15 is 0 Å². The van der Waals surface area contributed by atoms with E-state index in [1.165, 1.54) is 5.56 Å². The van der Waals surface area contributed by atoms with Crippen molar-refractivity contribution in [1.82, 2.24) is 5.43 Å². The molecule has 1 aromatic carbocycles. The number of methoxy groups -OCH3 is 1. The third kappa shape index (κ3) is 5.83. The molecular formula is C11H16N2O5. The summed E-state index contributed by atoms with van der Waals surface area (Å²) in [4.78, 5) is 18.0. The van der Waals surface area contributed by atoms with Crippen LogP contribution in [-0.2, 0) is 9.59 Å². The monoisotopic (exact) mass is 256 g/mol. The van der Waals surface area contributed by atoms with Crippen molar-refractivity contribution in [1.29, 1.82) is 0 Å². The molecule has 18 heavy (non-hydrogen) atoms. The smallest absolute Gasteiger partial charge is 0.351 e. The Bertz CT molecular complexity index is 379. The number of carbonyl (C=O) groups excluding carboxylic acids is 1. The van der Waals surface area contributed by atoms with Gasteiger partial charge in [0.1, 0.15) is 5.75 Å². The highest BCUT2D eigenvalue weighted by atomic mass is 16.5. The molecule has 0 amide bonds. The Morgan fingerprint density at radius 3 is 2.11 bits per heavy atom. The molecule has 0 aromatic heterocycles. The van der Waals surface area contributed by atoms with Gasteiger partial charge in [-0.15, -0.1) is 0 Å². The van der Waals surface area contributed by atoms with Crippen molar-refractivity contribution in [3.05, 3.63) is 29.8 Å². The van der Waals surface area contributed by atoms with Crippen LogP contribution in [0.1, 0.15) is 18.5 Å². The molecule has 0 aliphatic carbocycles. The highest BCUT2D eigenvalue weighted by Crippen LogP contribution is 2.15. The van der Waals surface area contributed by atoms with Crippen LogP contribution in [0.3, 0.4) is 0 Å². The number of aliphatic carboxylic acids is 2. The van der Waals surface area contributed by atoms with E-state index in [0.29, 0.717) is 0 Å². The van der Waals surface area contributed by atoms with E-state index in [9.17, 15) is 0 Å². The maximum Gasteiger partial charge on any atom is 0.351 e. The quantitative estimate of drug-likeness (QED) is 0.438. The van der Waals surface area contributed by atoms with E-state index in [1.54, 1.807) is 7.11 Å². The predicted molar refractivity (Wildman–Crippen MR) is 60.1 cm³/mol. The standard InChI is InChI=1S/C9H14N2O.C2H2O4/c1-7(11-10)8-3-5-9(12-2)6-4-8;3-1(4)2(5)6/h3-7,11H,10H2,1-2H3;(H,3,4)(H,5,6). The molecule has 7 nitrogen and oxygen atoms in total. The van der Waals surface area contributed by atoms with Crippen molar-refractivity contribution >= 4 is 11.9 Å². The number of hydrogen-bond donors (Lipinski definition) is 3. The number of carbonyl (C=O) groups is 2. The van der Waals surface area contributed by atoms with Crippen molar-refractivity contribution in [3.63, 3.8) is 0 Å². The lowest BCUT2D eigenvalue weighted by atomic mass is 10.1. The largest absolute Gasteiger partial charge is 0.539 e. The lowest BCUT2D eigenvalue weighted by Gasteiger charge is -2.08. The molecule has 0 aliphatic rings. The summed E-state index contributed by atoms with van der Waals surface area (Å²) in [5, 5.41) is 16.3. The first-order valence-corrected chi connectivity index (χ1v) is 5.03. The highest BCUT2D eigenvalue weighted by molar-refractivity contribution is 6.26. The third-order valence-corrected chi connectivity index (χ3v) is 2.10. The first kappa shape index (κ1) is 15.9. The summed E-state index contributed by atoms with van der Waals surface area (Å²) in [7, 11) is 1.66. The molecule has 0 fully saturated rings. The van der Waals surface area contributed by atoms with Gasteiger partial charge in [0.05, 0.1) is 13.2 Å². The van der Waals surface area contributed by atoms with Crippen molar-refractivity contribution in [3.8, 4) is 5.75 Å². The van der Waals surface area contributed by atoms with Gasteiger partial charge in [-0.05, 0) is 24.6 Å². The van der Waals surface area contributed by atoms with Gasteiger partial charge in [0.25, 0.3) is 0 Å². The van der Waals surface area contributed by atoms with E-state index in [2.05, 4.69) is 18.2 Å². The Hall–Kier alpha value is -2.12. The molecule has 0 spiro atoms. The number of carboxylic acid groups (broad SMARTS) is 2. The maximum absolute atomic E-state index is 9.04. The Labute approximate surface area is 104 Å². The maximum atomic E-state index is 9.04. The lowest BCUT2D eigenvalue weighted by Crippen LogP contribution is -2.65. The molecule has 7 heteroatoms. The molecular weight excluding hydrogens is 240 g/mol. The average Bonchev–Trinajstić information content (AvgIpc) is 2.38. The minimum Gasteiger partial charge on any atom is -0.539 e. The summed E-state index contributed by atoms with van der Waals surface area (Å²) in [5.41, 5.74) is 4.14. The van der Waals surface area contributed by atoms with Crippen LogP contribution in [0.5, 0.6) is 5.75 Å². The normalized spacial score (nSPS) is 10.8. The molecule has 0 bridgehead atoms. The number of quaternary nitrogens is 1. The first-order valence-electron chi connectivity index (χ1n) is 5.03. The van der Waals surface area contributed by atoms with E-state index in [1.807, 2.05) is 24.3 Å². The van der Waals surface area contributed by atoms with Crippen LogP contribution in [0.4, 0.5) is 0 Å². The van der Waals surface area contributed by atoms with Crippen LogP contribution in [0, 0.1) is 0 Å². The van der Waals surface area contributed by atoms with Gasteiger partial charge in [-0.2, -0.15) is 5.43 Å². The predicted octanol–water partition coefficient (Wildman–Crippen LogP) is -1.68. The minimum absolute atomic E-state index is 0.288. The molecule has 1 unspecified atom stereocenters. The summed E-state index contributed by atoms with van der Waals surface area (Å²) in [6.45, 7) is 2.06. The molecule has 0 aliphatic heterocycles. The zero-order valence-electron chi connectivity index (χ0n) is 10.2. The Morgan fingerprint density at radius 1 is 1.39 bits per heavy atom. The Kier molecular flexibility index (Phi) is 7.10. The van der Waals surface area contributed by atoms with Crippen LogP contribution < -0.4 is 21.1 Å². The van der Waals surface area contributed by atoms with E-state index in [-0.39, 0.29) is 6.04 Å². The van der Waals surface area contributed by atoms with Crippen molar-refractivity contribution in [2.45, 2.75) is 13.0 Å². The number of hydrogen-bond acceptors (Lipinski definition) is 5. The molecule has 0 radical (unpaired) electrons. The molecule has 1 aromatic rings. The number of rotatable bonds is 3. The number of ether oxygens (including phenoxy) is 1. The minimum atomic E-state index is -2.07. The van der Waals surface area contributed by atoms with Gasteiger partial charge in [-0.25, -0.2) is 4.79 Å². The molecule has 0 saturated heterocycles. The number of carboxylic acids is 2. The van der Waals surface area contributed by atoms with Crippen LogP contribution in [0.25, 0.3) is 0 Å². The summed E-state index contributed by atoms with van der Waals surface area (Å²) in [6, 6.07) is 8.24. The van der Waals surface area contributed by atoms with Crippen LogP contribution in [-0.4, -0.2) is 24.2 Å². The third-order valence-electron chi connectivity index (χ3n) is 2.10. The number of nitrogens with one attached hydrogen (secondary N) is 1. The van der Waals surface area contributed by atoms with E-state index < -0.39 is 11.9 Å². The summed E-state index contributed by atoms with van der Waals surface area (Å²) < 4.78 is 5.05. The van der Waals surface area contributed by atoms with Crippen LogP contribution in [0.15, 0.2) is 24.3 Å². The lowest BCUT2D eigenvalue weighted by molar-refractivity contribution is -0.452.